The van der Waals surface area contributed by atoms with Gasteiger partial charge >= 0.3 is 6.18 Å². The van der Waals surface area contributed by atoms with Crippen molar-refractivity contribution in [3.8, 4) is 6.07 Å². The van der Waals surface area contributed by atoms with E-state index in [0.717, 1.165) is 4.68 Å². The Bertz CT molecular complexity index is 1680. The van der Waals surface area contributed by atoms with Gasteiger partial charge in [0.2, 0.25) is 5.95 Å². The fraction of sp³-hybridized carbons (Fsp3) is 0.414. The number of rotatable bonds is 8. The van der Waals surface area contributed by atoms with Crippen molar-refractivity contribution in [2.75, 3.05) is 17.2 Å². The Morgan fingerprint density at radius 2 is 1.93 bits per heavy atom. The van der Waals surface area contributed by atoms with E-state index in [1.807, 2.05) is 0 Å². The average molecular weight is 601 g/mol. The molecule has 0 amide bonds. The van der Waals surface area contributed by atoms with Gasteiger partial charge in [0, 0.05) is 35.1 Å². The van der Waals surface area contributed by atoms with Crippen LogP contribution in [0.4, 0.5) is 28.9 Å². The lowest BCUT2D eigenvalue weighted by molar-refractivity contribution is -0.182. The quantitative estimate of drug-likeness (QED) is 0.163. The minimum atomic E-state index is -4.49. The predicted molar refractivity (Wildman–Crippen MR) is 152 cm³/mol. The summed E-state index contributed by atoms with van der Waals surface area (Å²) in [5.74, 6) is -0.676. The third-order valence-corrected chi connectivity index (χ3v) is 7.56. The number of aromatic nitrogens is 5. The Morgan fingerprint density at radius 1 is 1.19 bits per heavy atom. The summed E-state index contributed by atoms with van der Waals surface area (Å²) in [6, 6.07) is 7.43. The molecule has 0 aliphatic heterocycles. The molecule has 1 fully saturated rings. The molecular formula is C29H29ClF4N8. The molecule has 4 aromatic rings. The third-order valence-electron chi connectivity index (χ3n) is 7.27. The predicted octanol–water partition coefficient (Wildman–Crippen LogP) is 7.16. The lowest BCUT2D eigenvalue weighted by Gasteiger charge is -2.23. The molecule has 0 unspecified atom stereocenters. The molecule has 1 aromatic carbocycles. The molecule has 0 spiro atoms. The van der Waals surface area contributed by atoms with Gasteiger partial charge in [-0.1, -0.05) is 50.6 Å². The lowest BCUT2D eigenvalue weighted by atomic mass is 9.96. The van der Waals surface area contributed by atoms with E-state index in [2.05, 4.69) is 57.8 Å². The van der Waals surface area contributed by atoms with E-state index in [-0.39, 0.29) is 24.0 Å². The largest absolute Gasteiger partial charge is 0.413 e. The monoisotopic (exact) mass is 600 g/mol. The number of benzene rings is 1. The summed E-state index contributed by atoms with van der Waals surface area (Å²) in [6.07, 6.45) is -1.57. The van der Waals surface area contributed by atoms with E-state index in [1.54, 1.807) is 19.1 Å². The van der Waals surface area contributed by atoms with Gasteiger partial charge in [-0.05, 0) is 42.9 Å². The number of hydrogen-bond donors (Lipinski definition) is 2. The summed E-state index contributed by atoms with van der Waals surface area (Å²) in [4.78, 5) is 8.40. The fourth-order valence-corrected chi connectivity index (χ4v) is 5.13. The molecule has 8 nitrogen and oxygen atoms in total. The molecule has 13 heteroatoms. The van der Waals surface area contributed by atoms with Crippen LogP contribution in [0.2, 0.25) is 5.02 Å². The van der Waals surface area contributed by atoms with Crippen LogP contribution >= 0.6 is 11.6 Å². The highest BCUT2D eigenvalue weighted by atomic mass is 35.5. The van der Waals surface area contributed by atoms with Gasteiger partial charge in [0.1, 0.15) is 11.8 Å². The van der Waals surface area contributed by atoms with Gasteiger partial charge in [-0.15, -0.1) is 5.10 Å². The first-order valence-corrected chi connectivity index (χ1v) is 13.8. The standard InChI is InChI=1S/C29H29ClF4N8/c1-5-21-18(6-7-23(31)39-21)26(22-14-42(41-40-22)28(8-9-28)29(32,33)34)38-17-10-19-24(37-15-27(2,3)4)16(12-35)13-36-25(19)20(30)11-17/h6-7,10-11,13-14,26,38H,5,8-9,15H2,1-4H3,(H,36,37)/t26-/m0/s1. The molecule has 220 valence electrons. The molecule has 5 rings (SSSR count). The summed E-state index contributed by atoms with van der Waals surface area (Å²) >= 11 is 6.66. The maximum atomic E-state index is 14.1. The molecule has 0 radical (unpaired) electrons. The van der Waals surface area contributed by atoms with Crippen LogP contribution in [0, 0.1) is 22.7 Å². The maximum Gasteiger partial charge on any atom is 0.413 e. The van der Waals surface area contributed by atoms with Crippen molar-refractivity contribution in [2.24, 2.45) is 5.41 Å². The van der Waals surface area contributed by atoms with Crippen LogP contribution in [-0.2, 0) is 12.0 Å². The van der Waals surface area contributed by atoms with E-state index in [9.17, 15) is 22.8 Å². The fourth-order valence-electron chi connectivity index (χ4n) is 4.86. The summed E-state index contributed by atoms with van der Waals surface area (Å²) in [5, 5.41) is 25.3. The van der Waals surface area contributed by atoms with Crippen LogP contribution in [-0.4, -0.2) is 37.7 Å². The second kappa shape index (κ2) is 10.7. The smallest absolute Gasteiger partial charge is 0.383 e. The van der Waals surface area contributed by atoms with E-state index in [4.69, 9.17) is 11.6 Å². The Labute approximate surface area is 245 Å². The molecular weight excluding hydrogens is 572 g/mol. The maximum absolute atomic E-state index is 14.1. The van der Waals surface area contributed by atoms with Crippen LogP contribution in [0.1, 0.15) is 69.1 Å². The second-order valence-corrected chi connectivity index (χ2v) is 12.1. The van der Waals surface area contributed by atoms with Crippen LogP contribution in [0.5, 0.6) is 0 Å². The number of halogens is 5. The second-order valence-electron chi connectivity index (χ2n) is 11.6. The number of anilines is 2. The molecule has 42 heavy (non-hydrogen) atoms. The van der Waals surface area contributed by atoms with Crippen LogP contribution in [0.3, 0.4) is 0 Å². The highest BCUT2D eigenvalue weighted by molar-refractivity contribution is 6.35. The minimum Gasteiger partial charge on any atom is -0.383 e. The topological polar surface area (TPSA) is 104 Å². The molecule has 1 aliphatic carbocycles. The summed E-state index contributed by atoms with van der Waals surface area (Å²) in [6.45, 7) is 8.53. The van der Waals surface area contributed by atoms with Gasteiger partial charge in [0.05, 0.1) is 34.0 Å². The Balaban J connectivity index is 1.63. The summed E-state index contributed by atoms with van der Waals surface area (Å²) in [5.41, 5.74) is 0.781. The third kappa shape index (κ3) is 5.57. The minimum absolute atomic E-state index is 0.0887. The molecule has 1 atom stereocenters. The first-order chi connectivity index (χ1) is 19.8. The van der Waals surface area contributed by atoms with Crippen molar-refractivity contribution in [1.82, 2.24) is 25.0 Å². The SMILES string of the molecule is CCc1nc(F)ccc1[C@H](Nc1cc(Cl)c2ncc(C#N)c(NCC(C)(C)C)c2c1)c1cn(C2(C(F)(F)F)CC2)nn1. The molecule has 1 aliphatic rings. The van der Waals surface area contributed by atoms with E-state index < -0.39 is 23.7 Å². The summed E-state index contributed by atoms with van der Waals surface area (Å²) < 4.78 is 56.5. The molecule has 0 saturated heterocycles. The van der Waals surface area contributed by atoms with Gasteiger partial charge in [-0.25, -0.2) is 9.67 Å². The number of hydrogen-bond acceptors (Lipinski definition) is 7. The van der Waals surface area contributed by atoms with Crippen LogP contribution in [0.25, 0.3) is 10.9 Å². The number of alkyl halides is 3. The first kappa shape index (κ1) is 29.5. The molecule has 3 heterocycles. The molecule has 3 aromatic heterocycles. The van der Waals surface area contributed by atoms with E-state index in [0.29, 0.717) is 57.1 Å². The van der Waals surface area contributed by atoms with Gasteiger partial charge < -0.3 is 10.6 Å². The van der Waals surface area contributed by atoms with Crippen molar-refractivity contribution in [3.63, 3.8) is 0 Å². The number of aryl methyl sites for hydroxylation is 1. The van der Waals surface area contributed by atoms with Gasteiger partial charge in [-0.3, -0.25) is 4.98 Å². The zero-order valence-electron chi connectivity index (χ0n) is 23.4. The number of nitrogens with zero attached hydrogens (tertiary/aromatic N) is 6. The van der Waals surface area contributed by atoms with Crippen molar-refractivity contribution >= 4 is 33.9 Å². The van der Waals surface area contributed by atoms with Crippen LogP contribution in [0.15, 0.2) is 36.7 Å². The zero-order valence-corrected chi connectivity index (χ0v) is 24.2. The highest BCUT2D eigenvalue weighted by Gasteiger charge is 2.66. The van der Waals surface area contributed by atoms with Crippen molar-refractivity contribution < 1.29 is 17.6 Å². The first-order valence-electron chi connectivity index (χ1n) is 13.4. The molecule has 1 saturated carbocycles. The van der Waals surface area contributed by atoms with Gasteiger partial charge in [-0.2, -0.15) is 22.8 Å². The number of pyridine rings is 2. The van der Waals surface area contributed by atoms with Gasteiger partial charge in [0.15, 0.2) is 5.54 Å². The van der Waals surface area contributed by atoms with Crippen LogP contribution < -0.4 is 10.6 Å². The Morgan fingerprint density at radius 3 is 2.55 bits per heavy atom. The number of fused-ring (bicyclic) bond motifs is 1. The van der Waals surface area contributed by atoms with Crippen molar-refractivity contribution in [1.29, 1.82) is 5.26 Å². The normalized spacial score (nSPS) is 15.3. The van der Waals surface area contributed by atoms with E-state index >= 15 is 0 Å². The zero-order chi connectivity index (χ0) is 30.4. The summed E-state index contributed by atoms with van der Waals surface area (Å²) in [7, 11) is 0. The Kier molecular flexibility index (Phi) is 7.51. The van der Waals surface area contributed by atoms with Crippen molar-refractivity contribution in [2.45, 2.75) is 64.7 Å². The van der Waals surface area contributed by atoms with Crippen molar-refractivity contribution in [3.05, 3.63) is 70.1 Å². The Hall–Kier alpha value is -3.98. The van der Waals surface area contributed by atoms with E-state index in [1.165, 1.54) is 24.5 Å². The average Bonchev–Trinajstić information content (AvgIpc) is 3.61. The lowest BCUT2D eigenvalue weighted by Crippen LogP contribution is -2.35. The number of nitriles is 1. The number of nitrogens with one attached hydrogen (secondary N) is 2. The van der Waals surface area contributed by atoms with Gasteiger partial charge in [0.25, 0.3) is 0 Å². The molecule has 0 bridgehead atoms. The molecule has 2 N–H and O–H groups in total. The highest BCUT2D eigenvalue weighted by Crippen LogP contribution is 2.55.